The Kier molecular flexibility index (Phi) is 8.49. The Morgan fingerprint density at radius 2 is 0.952 bits per heavy atom. The van der Waals surface area contributed by atoms with Crippen LogP contribution in [0.2, 0.25) is 0 Å². The molecule has 0 bridgehead atoms. The van der Waals surface area contributed by atoms with Crippen LogP contribution in [0.3, 0.4) is 0 Å². The van der Waals surface area contributed by atoms with Crippen LogP contribution in [-0.4, -0.2) is 20.8 Å². The fraction of sp³-hybridized carbons (Fsp3) is 0.0175. The van der Waals surface area contributed by atoms with E-state index in [-0.39, 0.29) is 0 Å². The molecule has 0 amide bonds. The highest BCUT2D eigenvalue weighted by molar-refractivity contribution is 6.16. The Balaban J connectivity index is 1.07. The van der Waals surface area contributed by atoms with E-state index >= 15 is 0 Å². The van der Waals surface area contributed by atoms with E-state index in [1.165, 1.54) is 54.8 Å². The first-order valence-electron chi connectivity index (χ1n) is 21.1. The quantitative estimate of drug-likeness (QED) is 0.172. The van der Waals surface area contributed by atoms with Gasteiger partial charge in [0.05, 0.1) is 27.8 Å². The zero-order valence-electron chi connectivity index (χ0n) is 33.7. The summed E-state index contributed by atoms with van der Waals surface area (Å²) in [5.74, 6) is 1.49. The Hall–Kier alpha value is -8.28. The SMILES string of the molecule is c1ccc(C2=NC(c3ccccc3-n3c4ccccc4c4ccc(-n5c6ccccc6c6cccc(-c7cccc(-c8ccccc8)c7)c65)cc43)NC(c3ccccc3)=N2)cc1. The molecule has 0 spiro atoms. The van der Waals surface area contributed by atoms with Gasteiger partial charge in [-0.1, -0.05) is 188 Å². The summed E-state index contributed by atoms with van der Waals surface area (Å²) in [6.07, 6.45) is -0.403. The monoisotopic (exact) mass is 793 g/mol. The van der Waals surface area contributed by atoms with E-state index in [1.54, 1.807) is 0 Å². The van der Waals surface area contributed by atoms with Gasteiger partial charge in [0.25, 0.3) is 0 Å². The molecule has 292 valence electrons. The topological polar surface area (TPSA) is 46.6 Å². The second-order valence-corrected chi connectivity index (χ2v) is 15.8. The smallest absolute Gasteiger partial charge is 0.159 e. The average molecular weight is 794 g/mol. The van der Waals surface area contributed by atoms with Crippen molar-refractivity contribution in [3.8, 4) is 33.6 Å². The van der Waals surface area contributed by atoms with Gasteiger partial charge in [-0.05, 0) is 53.1 Å². The molecule has 0 fully saturated rings. The van der Waals surface area contributed by atoms with Gasteiger partial charge in [0.1, 0.15) is 12.0 Å². The first-order valence-corrected chi connectivity index (χ1v) is 21.1. The van der Waals surface area contributed by atoms with Crippen LogP contribution in [0.4, 0.5) is 0 Å². The second-order valence-electron chi connectivity index (χ2n) is 15.8. The highest BCUT2D eigenvalue weighted by atomic mass is 15.2. The summed E-state index contributed by atoms with van der Waals surface area (Å²) in [4.78, 5) is 10.4. The van der Waals surface area contributed by atoms with E-state index in [9.17, 15) is 0 Å². The number of nitrogens with zero attached hydrogens (tertiary/aromatic N) is 4. The Bertz CT molecular complexity index is 3540. The Morgan fingerprint density at radius 1 is 0.387 bits per heavy atom. The molecule has 0 saturated carbocycles. The van der Waals surface area contributed by atoms with E-state index in [2.05, 4.69) is 203 Å². The molecule has 1 unspecified atom stereocenters. The molecule has 11 aromatic rings. The molecular weight excluding hydrogens is 755 g/mol. The largest absolute Gasteiger partial charge is 0.344 e. The van der Waals surface area contributed by atoms with Gasteiger partial charge in [-0.2, -0.15) is 0 Å². The molecular formula is C57H39N5. The number of aliphatic imine (C=N–C) groups is 2. The van der Waals surface area contributed by atoms with Crippen LogP contribution in [0.25, 0.3) is 77.2 Å². The third-order valence-corrected chi connectivity index (χ3v) is 12.2. The molecule has 2 aromatic heterocycles. The van der Waals surface area contributed by atoms with Gasteiger partial charge in [0.2, 0.25) is 0 Å². The molecule has 9 aromatic carbocycles. The highest BCUT2D eigenvalue weighted by Gasteiger charge is 2.26. The molecule has 62 heavy (non-hydrogen) atoms. The zero-order chi connectivity index (χ0) is 41.0. The maximum Gasteiger partial charge on any atom is 0.159 e. The van der Waals surface area contributed by atoms with Crippen LogP contribution in [0.5, 0.6) is 0 Å². The van der Waals surface area contributed by atoms with Crippen molar-refractivity contribution in [3.63, 3.8) is 0 Å². The average Bonchev–Trinajstić information content (AvgIpc) is 3.87. The lowest BCUT2D eigenvalue weighted by molar-refractivity contribution is 0.670. The first-order chi connectivity index (χ1) is 30.8. The highest BCUT2D eigenvalue weighted by Crippen LogP contribution is 2.41. The summed E-state index contributed by atoms with van der Waals surface area (Å²) < 4.78 is 4.89. The molecule has 12 rings (SSSR count). The van der Waals surface area contributed by atoms with Gasteiger partial charge in [0.15, 0.2) is 5.84 Å². The standard InChI is InChI=1S/C57H39N5/c1-4-18-38(19-5-1)41-24-16-25-42(36-41)44-29-17-30-48-46-27-11-13-31-50(46)61(54(44)48)43-34-35-47-45-26-10-14-32-51(45)62(53(47)37-43)52-33-15-12-28-49(52)57-59-55(39-20-6-2-7-21-39)58-56(60-57)40-22-8-3-9-23-40/h1-37,57H,(H,58,59,60). The normalized spacial score (nSPS) is 14.0. The molecule has 1 aliphatic heterocycles. The molecule has 1 atom stereocenters. The summed E-state index contributed by atoms with van der Waals surface area (Å²) in [5.41, 5.74) is 14.6. The number of amidine groups is 2. The minimum absolute atomic E-state index is 0.403. The van der Waals surface area contributed by atoms with E-state index in [4.69, 9.17) is 9.98 Å². The lowest BCUT2D eigenvalue weighted by Crippen LogP contribution is -2.34. The van der Waals surface area contributed by atoms with Crippen LogP contribution >= 0.6 is 0 Å². The fourth-order valence-corrected chi connectivity index (χ4v) is 9.37. The van der Waals surface area contributed by atoms with E-state index < -0.39 is 6.17 Å². The van der Waals surface area contributed by atoms with Crippen LogP contribution in [0, 0.1) is 0 Å². The molecule has 0 aliphatic carbocycles. The number of benzene rings is 9. The Labute approximate surface area is 359 Å². The van der Waals surface area contributed by atoms with Gasteiger partial charge in [-0.25, -0.2) is 9.98 Å². The van der Waals surface area contributed by atoms with Crippen molar-refractivity contribution in [3.05, 3.63) is 241 Å². The number of para-hydroxylation sites is 4. The maximum absolute atomic E-state index is 5.32. The summed E-state index contributed by atoms with van der Waals surface area (Å²) in [6, 6.07) is 80.0. The third kappa shape index (κ3) is 5.94. The third-order valence-electron chi connectivity index (χ3n) is 12.2. The van der Waals surface area contributed by atoms with E-state index in [1.807, 2.05) is 36.4 Å². The number of hydrogen-bond acceptors (Lipinski definition) is 3. The van der Waals surface area contributed by atoms with Gasteiger partial charge >= 0.3 is 0 Å². The van der Waals surface area contributed by atoms with Gasteiger partial charge in [-0.3, -0.25) is 0 Å². The maximum atomic E-state index is 5.32. The van der Waals surface area contributed by atoms with Crippen molar-refractivity contribution < 1.29 is 0 Å². The summed E-state index contributed by atoms with van der Waals surface area (Å²) in [6.45, 7) is 0. The number of rotatable bonds is 7. The van der Waals surface area contributed by atoms with Crippen LogP contribution < -0.4 is 5.32 Å². The van der Waals surface area contributed by atoms with Crippen molar-refractivity contribution in [2.75, 3.05) is 0 Å². The molecule has 1 aliphatic rings. The zero-order valence-corrected chi connectivity index (χ0v) is 33.7. The van der Waals surface area contributed by atoms with Crippen LogP contribution in [0.1, 0.15) is 22.9 Å². The lowest BCUT2D eigenvalue weighted by Gasteiger charge is -2.26. The van der Waals surface area contributed by atoms with Crippen LogP contribution in [0.15, 0.2) is 234 Å². The van der Waals surface area contributed by atoms with Crippen molar-refractivity contribution in [2.45, 2.75) is 6.17 Å². The predicted molar refractivity (Wildman–Crippen MR) is 258 cm³/mol. The van der Waals surface area contributed by atoms with Crippen molar-refractivity contribution in [1.29, 1.82) is 0 Å². The minimum Gasteiger partial charge on any atom is -0.344 e. The van der Waals surface area contributed by atoms with Crippen molar-refractivity contribution in [1.82, 2.24) is 14.5 Å². The number of aromatic nitrogens is 2. The van der Waals surface area contributed by atoms with Gasteiger partial charge in [-0.15, -0.1) is 0 Å². The van der Waals surface area contributed by atoms with Crippen LogP contribution in [-0.2, 0) is 0 Å². The number of hydrogen-bond donors (Lipinski definition) is 1. The van der Waals surface area contributed by atoms with Crippen molar-refractivity contribution in [2.24, 2.45) is 9.98 Å². The lowest BCUT2D eigenvalue weighted by atomic mass is 9.97. The number of fused-ring (bicyclic) bond motifs is 6. The number of nitrogens with one attached hydrogen (secondary N) is 1. The van der Waals surface area contributed by atoms with Gasteiger partial charge < -0.3 is 14.5 Å². The molecule has 1 N–H and O–H groups in total. The first kappa shape index (κ1) is 35.6. The van der Waals surface area contributed by atoms with E-state index in [0.29, 0.717) is 5.84 Å². The minimum atomic E-state index is -0.403. The molecule has 5 nitrogen and oxygen atoms in total. The molecule has 5 heteroatoms. The van der Waals surface area contributed by atoms with Gasteiger partial charge in [0, 0.05) is 49.5 Å². The Morgan fingerprint density at radius 3 is 1.73 bits per heavy atom. The fourth-order valence-electron chi connectivity index (χ4n) is 9.37. The summed E-state index contributed by atoms with van der Waals surface area (Å²) in [7, 11) is 0. The van der Waals surface area contributed by atoms with E-state index in [0.717, 1.165) is 44.9 Å². The summed E-state index contributed by atoms with van der Waals surface area (Å²) in [5, 5.41) is 8.57. The van der Waals surface area contributed by atoms with Crippen molar-refractivity contribution >= 4 is 55.3 Å². The molecule has 3 heterocycles. The molecule has 0 saturated heterocycles. The summed E-state index contributed by atoms with van der Waals surface area (Å²) >= 11 is 0. The molecule has 0 radical (unpaired) electrons. The predicted octanol–water partition coefficient (Wildman–Crippen LogP) is 13.7. The second kappa shape index (κ2) is 14.8.